The molecule has 2 aromatic carbocycles. The van der Waals surface area contributed by atoms with Crippen LogP contribution in [0.1, 0.15) is 76.0 Å². The summed E-state index contributed by atoms with van der Waals surface area (Å²) in [6, 6.07) is 13.8. The highest BCUT2D eigenvalue weighted by Gasteiger charge is 2.28. The van der Waals surface area contributed by atoms with E-state index in [4.69, 9.17) is 0 Å². The smallest absolute Gasteiger partial charge is 0.0587 e. The van der Waals surface area contributed by atoms with Gasteiger partial charge in [0.1, 0.15) is 0 Å². The standard InChI is InChI=1S/C21H27BrI/c1-13(2)16-11-19(14(3)4)21(20(12-16)15(5)6)23-18-9-7-17(22)8-10-18/h7-15H,1-6H3/q+1. The van der Waals surface area contributed by atoms with Crippen molar-refractivity contribution in [3.05, 3.63) is 64.7 Å². The van der Waals surface area contributed by atoms with Crippen LogP contribution in [0.2, 0.25) is 0 Å². The van der Waals surface area contributed by atoms with Gasteiger partial charge in [0, 0.05) is 15.6 Å². The van der Waals surface area contributed by atoms with Gasteiger partial charge in [-0.2, -0.15) is 0 Å². The van der Waals surface area contributed by atoms with Gasteiger partial charge in [0.2, 0.25) is 3.57 Å². The maximum absolute atomic E-state index is 3.54. The van der Waals surface area contributed by atoms with Crippen LogP contribution in [0.3, 0.4) is 0 Å². The van der Waals surface area contributed by atoms with Crippen LogP contribution in [0.15, 0.2) is 40.9 Å². The van der Waals surface area contributed by atoms with Gasteiger partial charge in [0.05, 0.1) is 0 Å². The van der Waals surface area contributed by atoms with Crippen LogP contribution < -0.4 is 21.2 Å². The normalized spacial score (nSPS) is 11.7. The van der Waals surface area contributed by atoms with Gasteiger partial charge >= 0.3 is 21.2 Å². The molecule has 0 saturated carbocycles. The summed E-state index contributed by atoms with van der Waals surface area (Å²) in [5, 5.41) is 0. The third kappa shape index (κ3) is 4.82. The van der Waals surface area contributed by atoms with E-state index in [0.717, 1.165) is 4.47 Å². The van der Waals surface area contributed by atoms with Gasteiger partial charge in [-0.1, -0.05) is 69.6 Å². The number of benzene rings is 2. The molecule has 0 nitrogen and oxygen atoms in total. The van der Waals surface area contributed by atoms with Crippen molar-refractivity contribution in [2.24, 2.45) is 0 Å². The van der Waals surface area contributed by atoms with E-state index >= 15 is 0 Å². The minimum absolute atomic E-state index is 0.148. The summed E-state index contributed by atoms with van der Waals surface area (Å²) in [5.41, 5.74) is 4.62. The molecule has 0 bridgehead atoms. The second-order valence-electron chi connectivity index (χ2n) is 7.01. The average molecular weight is 486 g/mol. The minimum Gasteiger partial charge on any atom is -0.0587 e. The fraction of sp³-hybridized carbons (Fsp3) is 0.429. The summed E-state index contributed by atoms with van der Waals surface area (Å²) in [6.07, 6.45) is 0. The first-order chi connectivity index (χ1) is 10.8. The molecule has 0 radical (unpaired) electrons. The first-order valence-corrected chi connectivity index (χ1v) is 11.3. The lowest BCUT2D eigenvalue weighted by atomic mass is 9.90. The third-order valence-corrected chi connectivity index (χ3v) is 7.72. The van der Waals surface area contributed by atoms with Crippen LogP contribution in [0, 0.1) is 7.14 Å². The van der Waals surface area contributed by atoms with Crippen LogP contribution in [0.4, 0.5) is 0 Å². The number of hydrogen-bond donors (Lipinski definition) is 0. The lowest BCUT2D eigenvalue weighted by Crippen LogP contribution is -3.62. The van der Waals surface area contributed by atoms with Crippen LogP contribution in [-0.4, -0.2) is 0 Å². The van der Waals surface area contributed by atoms with E-state index in [-0.39, 0.29) is 21.2 Å². The zero-order valence-electron chi connectivity index (χ0n) is 15.0. The fourth-order valence-corrected chi connectivity index (χ4v) is 6.36. The Morgan fingerprint density at radius 2 is 1.22 bits per heavy atom. The molecule has 0 unspecified atom stereocenters. The van der Waals surface area contributed by atoms with E-state index in [1.165, 1.54) is 9.13 Å². The van der Waals surface area contributed by atoms with Gasteiger partial charge in [0.25, 0.3) is 0 Å². The van der Waals surface area contributed by atoms with Crippen molar-refractivity contribution in [3.8, 4) is 0 Å². The summed E-state index contributed by atoms with van der Waals surface area (Å²) < 4.78 is 4.29. The number of hydrogen-bond acceptors (Lipinski definition) is 0. The highest BCUT2D eigenvalue weighted by molar-refractivity contribution is 9.10. The molecule has 0 saturated heterocycles. The zero-order chi connectivity index (χ0) is 17.1. The van der Waals surface area contributed by atoms with Crippen LogP contribution in [0.5, 0.6) is 0 Å². The van der Waals surface area contributed by atoms with Crippen molar-refractivity contribution in [2.75, 3.05) is 0 Å². The molecule has 124 valence electrons. The summed E-state index contributed by atoms with van der Waals surface area (Å²) in [4.78, 5) is 0. The molecular formula is C21H27BrI+. The largest absolute Gasteiger partial charge is 0.358 e. The lowest BCUT2D eigenvalue weighted by molar-refractivity contribution is -0.599. The molecule has 2 heteroatoms. The second-order valence-corrected chi connectivity index (χ2v) is 10.8. The average Bonchev–Trinajstić information content (AvgIpc) is 2.48. The SMILES string of the molecule is CC(C)c1cc(C(C)C)c([I+]c2ccc(Br)cc2)c(C(C)C)c1. The Labute approximate surface area is 160 Å². The molecule has 0 heterocycles. The number of rotatable bonds is 5. The van der Waals surface area contributed by atoms with Crippen molar-refractivity contribution in [2.45, 2.75) is 59.3 Å². The predicted octanol–water partition coefficient (Wildman–Crippen LogP) is 3.95. The Bertz CT molecular complexity index is 625. The van der Waals surface area contributed by atoms with Gasteiger partial charge in [-0.25, -0.2) is 0 Å². The Balaban J connectivity index is 2.56. The summed E-state index contributed by atoms with van der Waals surface area (Å²) >= 11 is 3.40. The molecule has 2 aromatic rings. The molecule has 0 aromatic heterocycles. The Morgan fingerprint density at radius 1 is 0.739 bits per heavy atom. The van der Waals surface area contributed by atoms with Crippen molar-refractivity contribution in [1.82, 2.24) is 0 Å². The number of halogens is 2. The molecule has 0 aliphatic heterocycles. The Kier molecular flexibility index (Phi) is 6.73. The fourth-order valence-electron chi connectivity index (χ4n) is 2.58. The van der Waals surface area contributed by atoms with Crippen molar-refractivity contribution in [1.29, 1.82) is 0 Å². The van der Waals surface area contributed by atoms with Crippen molar-refractivity contribution in [3.63, 3.8) is 0 Å². The minimum atomic E-state index is -0.148. The van der Waals surface area contributed by atoms with E-state index in [0.29, 0.717) is 17.8 Å². The Hall–Kier alpha value is -0.350. The molecule has 0 atom stereocenters. The molecular weight excluding hydrogens is 459 g/mol. The van der Waals surface area contributed by atoms with Crippen molar-refractivity contribution >= 4 is 15.9 Å². The highest BCUT2D eigenvalue weighted by atomic mass is 127. The quantitative estimate of drug-likeness (QED) is 0.562. The van der Waals surface area contributed by atoms with Crippen LogP contribution in [-0.2, 0) is 0 Å². The zero-order valence-corrected chi connectivity index (χ0v) is 18.7. The molecule has 0 N–H and O–H groups in total. The molecule has 0 aliphatic rings. The van der Waals surface area contributed by atoms with Crippen LogP contribution in [0.25, 0.3) is 0 Å². The van der Waals surface area contributed by atoms with Gasteiger partial charge < -0.3 is 0 Å². The maximum Gasteiger partial charge on any atom is 0.358 e. The molecule has 0 spiro atoms. The van der Waals surface area contributed by atoms with Gasteiger partial charge in [0.15, 0.2) is 3.57 Å². The topological polar surface area (TPSA) is 0 Å². The Morgan fingerprint density at radius 3 is 1.61 bits per heavy atom. The maximum atomic E-state index is 3.54. The molecule has 0 amide bonds. The highest BCUT2D eigenvalue weighted by Crippen LogP contribution is 2.27. The predicted molar refractivity (Wildman–Crippen MR) is 100 cm³/mol. The van der Waals surface area contributed by atoms with Gasteiger partial charge in [-0.15, -0.1) is 0 Å². The summed E-state index contributed by atoms with van der Waals surface area (Å²) in [5.74, 6) is 1.75. The summed E-state index contributed by atoms with van der Waals surface area (Å²) in [7, 11) is 0. The van der Waals surface area contributed by atoms with E-state index in [1.807, 2.05) is 0 Å². The van der Waals surface area contributed by atoms with Gasteiger partial charge in [-0.05, 0) is 47.6 Å². The molecule has 0 fully saturated rings. The molecule has 2 rings (SSSR count). The van der Waals surface area contributed by atoms with E-state index in [2.05, 4.69) is 93.9 Å². The van der Waals surface area contributed by atoms with Crippen LogP contribution >= 0.6 is 15.9 Å². The first-order valence-electron chi connectivity index (χ1n) is 8.37. The van der Waals surface area contributed by atoms with Crippen molar-refractivity contribution < 1.29 is 21.2 Å². The summed E-state index contributed by atoms with van der Waals surface area (Å²) in [6.45, 7) is 13.9. The molecule has 23 heavy (non-hydrogen) atoms. The van der Waals surface area contributed by atoms with E-state index in [1.54, 1.807) is 14.7 Å². The lowest BCUT2D eigenvalue weighted by Gasteiger charge is -2.17. The second kappa shape index (κ2) is 8.15. The first kappa shape index (κ1) is 19.0. The third-order valence-electron chi connectivity index (χ3n) is 4.07. The van der Waals surface area contributed by atoms with E-state index in [9.17, 15) is 0 Å². The van der Waals surface area contributed by atoms with E-state index < -0.39 is 0 Å². The molecule has 0 aliphatic carbocycles. The monoisotopic (exact) mass is 485 g/mol. The van der Waals surface area contributed by atoms with Gasteiger partial charge in [-0.3, -0.25) is 0 Å².